The van der Waals surface area contributed by atoms with E-state index in [9.17, 15) is 9.18 Å². The van der Waals surface area contributed by atoms with Crippen molar-refractivity contribution in [2.24, 2.45) is 0 Å². The Bertz CT molecular complexity index is 627. The molecule has 3 rings (SSSR count). The van der Waals surface area contributed by atoms with Crippen LogP contribution in [0.25, 0.3) is 0 Å². The van der Waals surface area contributed by atoms with Crippen molar-refractivity contribution in [1.29, 1.82) is 0 Å². The standard InChI is InChI=1S/C16H18FN3O2/c1-12(20-8-2-7-18-20)16(21)19-9-10-22-15(11-19)13-3-5-14(17)6-4-13/h2-8,12,15H,9-11H2,1H3/t12-,15-/m0/s1. The lowest BCUT2D eigenvalue weighted by atomic mass is 10.1. The van der Waals surface area contributed by atoms with E-state index in [0.29, 0.717) is 19.7 Å². The highest BCUT2D eigenvalue weighted by Crippen LogP contribution is 2.24. The van der Waals surface area contributed by atoms with Crippen LogP contribution in [0.3, 0.4) is 0 Å². The van der Waals surface area contributed by atoms with Gasteiger partial charge in [0.1, 0.15) is 18.0 Å². The van der Waals surface area contributed by atoms with Crippen molar-refractivity contribution in [3.05, 3.63) is 54.1 Å². The molecule has 0 N–H and O–H groups in total. The third-order valence-corrected chi connectivity index (χ3v) is 3.90. The van der Waals surface area contributed by atoms with E-state index in [-0.39, 0.29) is 23.9 Å². The molecule has 1 amide bonds. The molecule has 0 radical (unpaired) electrons. The van der Waals surface area contributed by atoms with E-state index in [0.717, 1.165) is 5.56 Å². The monoisotopic (exact) mass is 303 g/mol. The maximum atomic E-state index is 13.0. The van der Waals surface area contributed by atoms with Gasteiger partial charge in [-0.3, -0.25) is 9.48 Å². The fraction of sp³-hybridized carbons (Fsp3) is 0.375. The summed E-state index contributed by atoms with van der Waals surface area (Å²) in [5.41, 5.74) is 0.880. The first-order valence-electron chi connectivity index (χ1n) is 7.30. The number of morpholine rings is 1. The molecular formula is C16H18FN3O2. The molecule has 0 saturated carbocycles. The molecule has 1 fully saturated rings. The van der Waals surface area contributed by atoms with Crippen LogP contribution in [0.4, 0.5) is 4.39 Å². The van der Waals surface area contributed by atoms with Crippen LogP contribution in [0, 0.1) is 5.82 Å². The number of ether oxygens (including phenoxy) is 1. The molecule has 5 nitrogen and oxygen atoms in total. The number of hydrogen-bond donors (Lipinski definition) is 0. The number of aromatic nitrogens is 2. The molecule has 2 atom stereocenters. The number of amides is 1. The Morgan fingerprint density at radius 1 is 1.41 bits per heavy atom. The van der Waals surface area contributed by atoms with E-state index in [1.165, 1.54) is 12.1 Å². The molecular weight excluding hydrogens is 285 g/mol. The summed E-state index contributed by atoms with van der Waals surface area (Å²) in [5.74, 6) is -0.265. The summed E-state index contributed by atoms with van der Waals surface area (Å²) in [6, 6.07) is 7.67. The van der Waals surface area contributed by atoms with Crippen molar-refractivity contribution >= 4 is 5.91 Å². The maximum Gasteiger partial charge on any atom is 0.247 e. The van der Waals surface area contributed by atoms with E-state index in [1.807, 2.05) is 6.92 Å². The van der Waals surface area contributed by atoms with Crippen molar-refractivity contribution in [2.75, 3.05) is 19.7 Å². The molecule has 1 aliphatic heterocycles. The minimum absolute atomic E-state index is 0.0131. The summed E-state index contributed by atoms with van der Waals surface area (Å²) >= 11 is 0. The molecule has 2 heterocycles. The molecule has 1 aromatic heterocycles. The lowest BCUT2D eigenvalue weighted by molar-refractivity contribution is -0.142. The Labute approximate surface area is 128 Å². The summed E-state index contributed by atoms with van der Waals surface area (Å²) in [4.78, 5) is 14.4. The summed E-state index contributed by atoms with van der Waals surface area (Å²) in [7, 11) is 0. The van der Waals surface area contributed by atoms with E-state index < -0.39 is 0 Å². The van der Waals surface area contributed by atoms with Crippen LogP contribution in [-0.2, 0) is 9.53 Å². The molecule has 0 aliphatic carbocycles. The van der Waals surface area contributed by atoms with E-state index >= 15 is 0 Å². The van der Waals surface area contributed by atoms with Crippen LogP contribution in [0.2, 0.25) is 0 Å². The fourth-order valence-corrected chi connectivity index (χ4v) is 2.62. The maximum absolute atomic E-state index is 13.0. The minimum Gasteiger partial charge on any atom is -0.370 e. The van der Waals surface area contributed by atoms with Gasteiger partial charge in [0, 0.05) is 18.9 Å². The van der Waals surface area contributed by atoms with Crippen molar-refractivity contribution in [2.45, 2.75) is 19.1 Å². The van der Waals surface area contributed by atoms with Gasteiger partial charge in [0.25, 0.3) is 0 Å². The first-order valence-corrected chi connectivity index (χ1v) is 7.30. The Hall–Kier alpha value is -2.21. The topological polar surface area (TPSA) is 47.4 Å². The molecule has 1 aromatic carbocycles. The third-order valence-electron chi connectivity index (χ3n) is 3.90. The zero-order valence-electron chi connectivity index (χ0n) is 12.4. The van der Waals surface area contributed by atoms with E-state index in [4.69, 9.17) is 4.74 Å². The lowest BCUT2D eigenvalue weighted by Crippen LogP contribution is -2.45. The van der Waals surface area contributed by atoms with Crippen molar-refractivity contribution < 1.29 is 13.9 Å². The van der Waals surface area contributed by atoms with Crippen molar-refractivity contribution in [3.8, 4) is 0 Å². The van der Waals surface area contributed by atoms with Gasteiger partial charge in [0.15, 0.2) is 0 Å². The highest BCUT2D eigenvalue weighted by Gasteiger charge is 2.29. The van der Waals surface area contributed by atoms with Crippen LogP contribution in [0.1, 0.15) is 24.6 Å². The van der Waals surface area contributed by atoms with Gasteiger partial charge in [-0.05, 0) is 30.7 Å². The molecule has 1 saturated heterocycles. The Morgan fingerprint density at radius 2 is 2.18 bits per heavy atom. The van der Waals surface area contributed by atoms with Gasteiger partial charge < -0.3 is 9.64 Å². The van der Waals surface area contributed by atoms with Gasteiger partial charge in [0.05, 0.1) is 13.2 Å². The predicted molar refractivity (Wildman–Crippen MR) is 78.6 cm³/mol. The average Bonchev–Trinajstić information content (AvgIpc) is 3.09. The summed E-state index contributed by atoms with van der Waals surface area (Å²) in [6.45, 7) is 3.33. The number of halogens is 1. The molecule has 116 valence electrons. The smallest absolute Gasteiger partial charge is 0.247 e. The second-order valence-corrected chi connectivity index (χ2v) is 5.36. The number of carbonyl (C=O) groups excluding carboxylic acids is 1. The molecule has 0 spiro atoms. The number of carbonyl (C=O) groups is 1. The number of rotatable bonds is 3. The van der Waals surface area contributed by atoms with Crippen LogP contribution in [0.15, 0.2) is 42.7 Å². The Balaban J connectivity index is 1.70. The Morgan fingerprint density at radius 3 is 2.86 bits per heavy atom. The SMILES string of the molecule is C[C@@H](C(=O)N1CCO[C@H](c2ccc(F)cc2)C1)n1cccn1. The molecule has 22 heavy (non-hydrogen) atoms. The second kappa shape index (κ2) is 6.27. The normalized spacial score (nSPS) is 19.9. The zero-order valence-corrected chi connectivity index (χ0v) is 12.4. The second-order valence-electron chi connectivity index (χ2n) is 5.36. The number of nitrogens with zero attached hydrogens (tertiary/aromatic N) is 3. The quantitative estimate of drug-likeness (QED) is 0.873. The van der Waals surface area contributed by atoms with Crippen LogP contribution in [0.5, 0.6) is 0 Å². The first kappa shape index (κ1) is 14.7. The predicted octanol–water partition coefficient (Wildman–Crippen LogP) is 2.18. The van der Waals surface area contributed by atoms with Gasteiger partial charge in [-0.1, -0.05) is 12.1 Å². The number of benzene rings is 1. The molecule has 0 bridgehead atoms. The molecule has 2 aromatic rings. The average molecular weight is 303 g/mol. The van der Waals surface area contributed by atoms with Gasteiger partial charge >= 0.3 is 0 Å². The van der Waals surface area contributed by atoms with Crippen molar-refractivity contribution in [1.82, 2.24) is 14.7 Å². The van der Waals surface area contributed by atoms with Gasteiger partial charge in [-0.15, -0.1) is 0 Å². The fourth-order valence-electron chi connectivity index (χ4n) is 2.62. The van der Waals surface area contributed by atoms with Crippen LogP contribution >= 0.6 is 0 Å². The Kier molecular flexibility index (Phi) is 4.20. The van der Waals surface area contributed by atoms with Gasteiger partial charge in [-0.25, -0.2) is 4.39 Å². The zero-order chi connectivity index (χ0) is 15.5. The largest absolute Gasteiger partial charge is 0.370 e. The molecule has 6 heteroatoms. The highest BCUT2D eigenvalue weighted by molar-refractivity contribution is 5.80. The lowest BCUT2D eigenvalue weighted by Gasteiger charge is -2.34. The van der Waals surface area contributed by atoms with Gasteiger partial charge in [-0.2, -0.15) is 5.10 Å². The first-order chi connectivity index (χ1) is 10.6. The molecule has 1 aliphatic rings. The van der Waals surface area contributed by atoms with Gasteiger partial charge in [0.2, 0.25) is 5.91 Å². The highest BCUT2D eigenvalue weighted by atomic mass is 19.1. The summed E-state index contributed by atoms with van der Waals surface area (Å²) < 4.78 is 20.4. The molecule has 0 unspecified atom stereocenters. The van der Waals surface area contributed by atoms with Crippen molar-refractivity contribution in [3.63, 3.8) is 0 Å². The van der Waals surface area contributed by atoms with E-state index in [1.54, 1.807) is 40.2 Å². The van der Waals surface area contributed by atoms with Crippen LogP contribution in [-0.4, -0.2) is 40.3 Å². The number of hydrogen-bond acceptors (Lipinski definition) is 3. The van der Waals surface area contributed by atoms with Crippen LogP contribution < -0.4 is 0 Å². The summed E-state index contributed by atoms with van der Waals surface area (Å²) in [6.07, 6.45) is 3.22. The third kappa shape index (κ3) is 3.01. The minimum atomic E-state index is -0.345. The van der Waals surface area contributed by atoms with E-state index in [2.05, 4.69) is 5.10 Å². The summed E-state index contributed by atoms with van der Waals surface area (Å²) in [5, 5.41) is 4.12.